The quantitative estimate of drug-likeness (QED) is 0.354. The number of fused-ring (bicyclic) bond motifs is 1. The van der Waals surface area contributed by atoms with E-state index >= 15 is 0 Å². The monoisotopic (exact) mass is 478 g/mol. The van der Waals surface area contributed by atoms with Gasteiger partial charge in [-0.1, -0.05) is 47.6 Å². The summed E-state index contributed by atoms with van der Waals surface area (Å²) in [5.74, 6) is 1.74. The fourth-order valence-electron chi connectivity index (χ4n) is 4.18. The summed E-state index contributed by atoms with van der Waals surface area (Å²) in [6, 6.07) is 19.7. The average molecular weight is 479 g/mol. The third kappa shape index (κ3) is 4.99. The summed E-state index contributed by atoms with van der Waals surface area (Å²) in [7, 11) is 0. The van der Waals surface area contributed by atoms with E-state index in [9.17, 15) is 4.79 Å². The molecule has 168 valence electrons. The smallest absolute Gasteiger partial charge is 0.230 e. The minimum atomic E-state index is -0.0118. The Kier molecular flexibility index (Phi) is 6.51. The Hall–Kier alpha value is -3.03. The normalized spacial score (nSPS) is 15.2. The Balaban J connectivity index is 1.32. The molecule has 1 aliphatic rings. The number of aromatic nitrogens is 3. The highest BCUT2D eigenvalue weighted by molar-refractivity contribution is 7.99. The van der Waals surface area contributed by atoms with E-state index in [1.54, 1.807) is 6.26 Å². The van der Waals surface area contributed by atoms with Crippen LogP contribution in [-0.4, -0.2) is 26.4 Å². The molecule has 0 unspecified atom stereocenters. The van der Waals surface area contributed by atoms with Crippen LogP contribution in [0.3, 0.4) is 0 Å². The lowest BCUT2D eigenvalue weighted by Gasteiger charge is -2.26. The minimum absolute atomic E-state index is 0.0118. The number of halogens is 1. The molecule has 2 heterocycles. The molecule has 4 aromatic rings. The van der Waals surface area contributed by atoms with E-state index in [1.807, 2.05) is 47.0 Å². The van der Waals surface area contributed by atoms with Gasteiger partial charge in [0.15, 0.2) is 11.0 Å². The van der Waals surface area contributed by atoms with E-state index in [2.05, 4.69) is 33.7 Å². The van der Waals surface area contributed by atoms with Gasteiger partial charge in [0.25, 0.3) is 0 Å². The summed E-state index contributed by atoms with van der Waals surface area (Å²) in [6.45, 7) is 0.470. The van der Waals surface area contributed by atoms with Crippen LogP contribution in [-0.2, 0) is 17.8 Å². The maximum atomic E-state index is 12.8. The van der Waals surface area contributed by atoms with Crippen molar-refractivity contribution < 1.29 is 9.21 Å². The molecule has 1 N–H and O–H groups in total. The average Bonchev–Trinajstić information content (AvgIpc) is 3.49. The summed E-state index contributed by atoms with van der Waals surface area (Å²) >= 11 is 7.42. The Labute approximate surface area is 201 Å². The van der Waals surface area contributed by atoms with Crippen LogP contribution in [0.5, 0.6) is 0 Å². The number of carbonyl (C=O) groups is 1. The second-order valence-corrected chi connectivity index (χ2v) is 9.36. The number of rotatable bonds is 7. The van der Waals surface area contributed by atoms with Gasteiger partial charge in [0.05, 0.1) is 24.6 Å². The molecule has 2 aromatic heterocycles. The highest BCUT2D eigenvalue weighted by Gasteiger charge is 2.22. The summed E-state index contributed by atoms with van der Waals surface area (Å²) < 4.78 is 7.51. The predicted octanol–water partition coefficient (Wildman–Crippen LogP) is 5.53. The third-order valence-electron chi connectivity index (χ3n) is 5.75. The zero-order valence-electron chi connectivity index (χ0n) is 17.9. The number of amides is 1. The second kappa shape index (κ2) is 9.85. The lowest BCUT2D eigenvalue weighted by atomic mass is 9.88. The number of thioether (sulfide) groups is 1. The van der Waals surface area contributed by atoms with E-state index < -0.39 is 0 Å². The second-order valence-electron chi connectivity index (χ2n) is 7.98. The number of benzene rings is 2. The van der Waals surface area contributed by atoms with Crippen molar-refractivity contribution in [1.29, 1.82) is 0 Å². The van der Waals surface area contributed by atoms with Crippen LogP contribution < -0.4 is 5.32 Å². The highest BCUT2D eigenvalue weighted by atomic mass is 35.5. The van der Waals surface area contributed by atoms with Crippen LogP contribution in [0.1, 0.15) is 35.8 Å². The maximum Gasteiger partial charge on any atom is 0.230 e. The number of hydrogen-bond donors (Lipinski definition) is 1. The van der Waals surface area contributed by atoms with Crippen molar-refractivity contribution in [2.45, 2.75) is 37.0 Å². The number of furan rings is 1. The van der Waals surface area contributed by atoms with Gasteiger partial charge in [-0.05, 0) is 66.8 Å². The molecule has 5 rings (SSSR count). The summed E-state index contributed by atoms with van der Waals surface area (Å²) in [6.07, 6.45) is 4.75. The van der Waals surface area contributed by atoms with Crippen LogP contribution in [0.2, 0.25) is 5.02 Å². The van der Waals surface area contributed by atoms with Gasteiger partial charge in [0.2, 0.25) is 5.91 Å². The minimum Gasteiger partial charge on any atom is -0.467 e. The zero-order chi connectivity index (χ0) is 22.6. The van der Waals surface area contributed by atoms with E-state index in [0.29, 0.717) is 22.5 Å². The lowest BCUT2D eigenvalue weighted by Crippen LogP contribution is -2.32. The van der Waals surface area contributed by atoms with Gasteiger partial charge in [-0.15, -0.1) is 10.2 Å². The first-order valence-electron chi connectivity index (χ1n) is 10.9. The van der Waals surface area contributed by atoms with Crippen LogP contribution in [0.15, 0.2) is 76.5 Å². The fourth-order valence-corrected chi connectivity index (χ4v) is 5.05. The van der Waals surface area contributed by atoms with Crippen LogP contribution in [0.25, 0.3) is 11.4 Å². The third-order valence-corrected chi connectivity index (χ3v) is 6.97. The van der Waals surface area contributed by atoms with Gasteiger partial charge in [-0.2, -0.15) is 0 Å². The molecule has 0 spiro atoms. The summed E-state index contributed by atoms with van der Waals surface area (Å²) in [4.78, 5) is 12.8. The molecular formula is C25H23ClN4O2S. The van der Waals surface area contributed by atoms with Crippen molar-refractivity contribution in [2.75, 3.05) is 5.75 Å². The molecule has 0 saturated carbocycles. The summed E-state index contributed by atoms with van der Waals surface area (Å²) in [5, 5.41) is 13.3. The number of hydrogen-bond acceptors (Lipinski definition) is 5. The van der Waals surface area contributed by atoms with Gasteiger partial charge in [0.1, 0.15) is 5.76 Å². The van der Waals surface area contributed by atoms with Gasteiger partial charge < -0.3 is 9.73 Å². The van der Waals surface area contributed by atoms with Crippen molar-refractivity contribution in [2.24, 2.45) is 0 Å². The van der Waals surface area contributed by atoms with Crippen LogP contribution in [0, 0.1) is 0 Å². The fraction of sp³-hybridized carbons (Fsp3) is 0.240. The van der Waals surface area contributed by atoms with Crippen molar-refractivity contribution in [1.82, 2.24) is 20.1 Å². The van der Waals surface area contributed by atoms with E-state index in [1.165, 1.54) is 22.9 Å². The Morgan fingerprint density at radius 2 is 1.97 bits per heavy atom. The molecule has 1 aliphatic carbocycles. The molecule has 0 saturated heterocycles. The first-order valence-corrected chi connectivity index (χ1v) is 12.3. The largest absolute Gasteiger partial charge is 0.467 e. The number of nitrogens with zero attached hydrogens (tertiary/aromatic N) is 3. The number of carbonyl (C=O) groups excluding carboxylic acids is 1. The first kappa shape index (κ1) is 21.8. The molecule has 0 fully saturated rings. The maximum absolute atomic E-state index is 12.8. The van der Waals surface area contributed by atoms with Gasteiger partial charge >= 0.3 is 0 Å². The Bertz CT molecular complexity index is 1240. The number of aryl methyl sites for hydroxylation is 1. The zero-order valence-corrected chi connectivity index (χ0v) is 19.5. The SMILES string of the molecule is O=C(CSc1nnc(-c2ccc(Cl)cc2)n1Cc1ccco1)N[C@@H]1CCCc2ccccc21. The molecule has 0 bridgehead atoms. The van der Waals surface area contributed by atoms with Gasteiger partial charge in [-0.25, -0.2) is 0 Å². The molecule has 0 aliphatic heterocycles. The van der Waals surface area contributed by atoms with Gasteiger partial charge in [0, 0.05) is 10.6 Å². The van der Waals surface area contributed by atoms with Crippen molar-refractivity contribution >= 4 is 29.3 Å². The Morgan fingerprint density at radius 3 is 2.79 bits per heavy atom. The van der Waals surface area contributed by atoms with Gasteiger partial charge in [-0.3, -0.25) is 9.36 Å². The topological polar surface area (TPSA) is 73.0 Å². The first-order chi connectivity index (χ1) is 16.2. The molecular weight excluding hydrogens is 456 g/mol. The molecule has 6 nitrogen and oxygen atoms in total. The predicted molar refractivity (Wildman–Crippen MR) is 129 cm³/mol. The molecule has 1 atom stereocenters. The molecule has 33 heavy (non-hydrogen) atoms. The summed E-state index contributed by atoms with van der Waals surface area (Å²) in [5.41, 5.74) is 3.45. The van der Waals surface area contributed by atoms with E-state index in [-0.39, 0.29) is 17.7 Å². The number of nitrogens with one attached hydrogen (secondary N) is 1. The van der Waals surface area contributed by atoms with E-state index in [0.717, 1.165) is 30.6 Å². The highest BCUT2D eigenvalue weighted by Crippen LogP contribution is 2.30. The molecule has 1 amide bonds. The van der Waals surface area contributed by atoms with Crippen LogP contribution in [0.4, 0.5) is 0 Å². The van der Waals surface area contributed by atoms with Crippen molar-refractivity contribution in [3.05, 3.63) is 88.8 Å². The molecule has 2 aromatic carbocycles. The molecule has 8 heteroatoms. The van der Waals surface area contributed by atoms with Crippen molar-refractivity contribution in [3.63, 3.8) is 0 Å². The molecule has 0 radical (unpaired) electrons. The lowest BCUT2D eigenvalue weighted by molar-refractivity contribution is -0.119. The standard InChI is InChI=1S/C25H23ClN4O2S/c26-19-12-10-18(11-13-19)24-28-29-25(30(24)15-20-7-4-14-32-20)33-16-23(31)27-22-9-3-6-17-5-1-2-8-21(17)22/h1-2,4-5,7-8,10-14,22H,3,6,9,15-16H2,(H,27,31)/t22-/m1/s1. The Morgan fingerprint density at radius 1 is 1.12 bits per heavy atom. The van der Waals surface area contributed by atoms with E-state index in [4.69, 9.17) is 16.0 Å². The van der Waals surface area contributed by atoms with Crippen LogP contribution >= 0.6 is 23.4 Å². The van der Waals surface area contributed by atoms with Crippen molar-refractivity contribution in [3.8, 4) is 11.4 Å².